The van der Waals surface area contributed by atoms with Crippen molar-refractivity contribution in [3.8, 4) is 0 Å². The fraction of sp³-hybridized carbons (Fsp3) is 0.278. The van der Waals surface area contributed by atoms with Crippen molar-refractivity contribution in [3.63, 3.8) is 0 Å². The molecule has 0 atom stereocenters. The molecule has 0 unspecified atom stereocenters. The lowest BCUT2D eigenvalue weighted by Crippen LogP contribution is -2.34. The number of hydrogen-bond donors (Lipinski definition) is 2. The van der Waals surface area contributed by atoms with Gasteiger partial charge in [0.05, 0.1) is 17.7 Å². The minimum absolute atomic E-state index is 0.00345. The number of rotatable bonds is 4. The highest BCUT2D eigenvalue weighted by atomic mass is 32.1. The standard InChI is InChI=1S/C18H17FN2O3S2/c1-2-24-17(23)14-11-7-5-9-13(11)26-16(14)21-18(25)20-15(22)10-6-3-4-8-12(10)19/h3-4,6,8H,2,5,7,9H2,1H3,(H2,20,21,22,25). The Bertz CT molecular complexity index is 879. The predicted octanol–water partition coefficient (Wildman–Crippen LogP) is 3.68. The summed E-state index contributed by atoms with van der Waals surface area (Å²) in [4.78, 5) is 25.6. The van der Waals surface area contributed by atoms with Gasteiger partial charge < -0.3 is 10.1 Å². The number of fused-ring (bicyclic) bond motifs is 1. The number of thiophene rings is 1. The summed E-state index contributed by atoms with van der Waals surface area (Å²) in [5.41, 5.74) is 1.36. The van der Waals surface area contributed by atoms with Crippen LogP contribution in [-0.4, -0.2) is 23.6 Å². The first-order valence-corrected chi connectivity index (χ1v) is 9.42. The van der Waals surface area contributed by atoms with Crippen LogP contribution in [-0.2, 0) is 17.6 Å². The van der Waals surface area contributed by atoms with Gasteiger partial charge in [0.15, 0.2) is 5.11 Å². The number of ether oxygens (including phenoxy) is 1. The Labute approximate surface area is 159 Å². The van der Waals surface area contributed by atoms with Crippen molar-refractivity contribution in [2.24, 2.45) is 0 Å². The van der Waals surface area contributed by atoms with Crippen molar-refractivity contribution in [2.75, 3.05) is 11.9 Å². The van der Waals surface area contributed by atoms with Gasteiger partial charge in [-0.2, -0.15) is 0 Å². The van der Waals surface area contributed by atoms with Crippen molar-refractivity contribution in [1.82, 2.24) is 5.32 Å². The van der Waals surface area contributed by atoms with E-state index in [1.807, 2.05) is 0 Å². The first-order chi connectivity index (χ1) is 12.5. The van der Waals surface area contributed by atoms with Crippen molar-refractivity contribution >= 4 is 45.5 Å². The van der Waals surface area contributed by atoms with E-state index in [0.717, 1.165) is 29.7 Å². The zero-order valence-corrected chi connectivity index (χ0v) is 15.7. The van der Waals surface area contributed by atoms with Crippen molar-refractivity contribution in [1.29, 1.82) is 0 Å². The fourth-order valence-corrected chi connectivity index (χ4v) is 4.40. The third-order valence-electron chi connectivity index (χ3n) is 3.97. The number of nitrogens with one attached hydrogen (secondary N) is 2. The second-order valence-electron chi connectivity index (χ2n) is 5.67. The number of halogens is 1. The number of thiocarbonyl (C=S) groups is 1. The number of esters is 1. The van der Waals surface area contributed by atoms with Gasteiger partial charge in [-0.25, -0.2) is 9.18 Å². The SMILES string of the molecule is CCOC(=O)c1c(NC(=S)NC(=O)c2ccccc2F)sc2c1CCC2. The molecule has 2 N–H and O–H groups in total. The first kappa shape index (κ1) is 18.5. The lowest BCUT2D eigenvalue weighted by molar-refractivity contribution is 0.0527. The van der Waals surface area contributed by atoms with E-state index in [-0.39, 0.29) is 17.3 Å². The van der Waals surface area contributed by atoms with E-state index in [9.17, 15) is 14.0 Å². The van der Waals surface area contributed by atoms with Gasteiger partial charge in [-0.3, -0.25) is 10.1 Å². The van der Waals surface area contributed by atoms with Gasteiger partial charge >= 0.3 is 5.97 Å². The summed E-state index contributed by atoms with van der Waals surface area (Å²) in [6.07, 6.45) is 2.72. The molecule has 0 radical (unpaired) electrons. The van der Waals surface area contributed by atoms with Crippen LogP contribution < -0.4 is 10.6 Å². The van der Waals surface area contributed by atoms with Crippen LogP contribution in [0.4, 0.5) is 9.39 Å². The number of benzene rings is 1. The van der Waals surface area contributed by atoms with Crippen LogP contribution in [0.5, 0.6) is 0 Å². The zero-order chi connectivity index (χ0) is 18.7. The maximum atomic E-state index is 13.7. The Morgan fingerprint density at radius 3 is 2.81 bits per heavy atom. The van der Waals surface area contributed by atoms with Gasteiger partial charge in [0.25, 0.3) is 5.91 Å². The summed E-state index contributed by atoms with van der Waals surface area (Å²) in [5.74, 6) is -1.69. The molecule has 0 aliphatic heterocycles. The van der Waals surface area contributed by atoms with Gasteiger partial charge in [0.2, 0.25) is 0 Å². The molecule has 0 fully saturated rings. The monoisotopic (exact) mass is 392 g/mol. The second-order valence-corrected chi connectivity index (χ2v) is 7.18. The molecule has 1 aromatic heterocycles. The lowest BCUT2D eigenvalue weighted by Gasteiger charge is -2.11. The van der Waals surface area contributed by atoms with Gasteiger partial charge in [0, 0.05) is 4.88 Å². The van der Waals surface area contributed by atoms with Crippen molar-refractivity contribution < 1.29 is 18.7 Å². The van der Waals surface area contributed by atoms with Crippen LogP contribution in [0.2, 0.25) is 0 Å². The van der Waals surface area contributed by atoms with Gasteiger partial charge in [0.1, 0.15) is 10.8 Å². The molecule has 26 heavy (non-hydrogen) atoms. The van der Waals surface area contributed by atoms with Crippen LogP contribution in [0.1, 0.15) is 44.5 Å². The topological polar surface area (TPSA) is 67.4 Å². The van der Waals surface area contributed by atoms with Gasteiger partial charge in [-0.15, -0.1) is 11.3 Å². The maximum Gasteiger partial charge on any atom is 0.341 e. The molecule has 2 aromatic rings. The molecule has 1 aliphatic rings. The zero-order valence-electron chi connectivity index (χ0n) is 14.1. The van der Waals surface area contributed by atoms with E-state index in [2.05, 4.69) is 10.6 Å². The molecule has 0 spiro atoms. The van der Waals surface area contributed by atoms with E-state index >= 15 is 0 Å². The average molecular weight is 392 g/mol. The van der Waals surface area contributed by atoms with Crippen LogP contribution in [0.25, 0.3) is 0 Å². The number of amides is 1. The average Bonchev–Trinajstić information content (AvgIpc) is 3.15. The molecule has 1 heterocycles. The van der Waals surface area contributed by atoms with Crippen LogP contribution in [0.15, 0.2) is 24.3 Å². The molecule has 1 amide bonds. The maximum absolute atomic E-state index is 13.7. The molecule has 8 heteroatoms. The summed E-state index contributed by atoms with van der Waals surface area (Å²) in [6, 6.07) is 5.64. The van der Waals surface area contributed by atoms with Gasteiger partial charge in [-0.05, 0) is 56.1 Å². The molecule has 136 valence electrons. The largest absolute Gasteiger partial charge is 0.462 e. The Morgan fingerprint density at radius 1 is 1.31 bits per heavy atom. The van der Waals surface area contributed by atoms with Crippen molar-refractivity contribution in [3.05, 3.63) is 51.7 Å². The number of carbonyl (C=O) groups excluding carboxylic acids is 2. The fourth-order valence-electron chi connectivity index (χ4n) is 2.86. The van der Waals surface area contributed by atoms with E-state index in [1.165, 1.54) is 29.5 Å². The van der Waals surface area contributed by atoms with E-state index < -0.39 is 17.7 Å². The Morgan fingerprint density at radius 2 is 2.08 bits per heavy atom. The Hall–Kier alpha value is -2.32. The summed E-state index contributed by atoms with van der Waals surface area (Å²) < 4.78 is 18.8. The highest BCUT2D eigenvalue weighted by Gasteiger charge is 2.28. The molecule has 0 saturated heterocycles. The normalized spacial score (nSPS) is 12.4. The van der Waals surface area contributed by atoms with Crippen LogP contribution >= 0.6 is 23.6 Å². The minimum atomic E-state index is -0.651. The molecule has 0 bridgehead atoms. The molecular formula is C18H17FN2O3S2. The molecular weight excluding hydrogens is 375 g/mol. The molecule has 1 aliphatic carbocycles. The van der Waals surface area contributed by atoms with E-state index in [4.69, 9.17) is 17.0 Å². The number of anilines is 1. The number of carbonyl (C=O) groups is 2. The van der Waals surface area contributed by atoms with Crippen molar-refractivity contribution in [2.45, 2.75) is 26.2 Å². The molecule has 0 saturated carbocycles. The quantitative estimate of drug-likeness (QED) is 0.614. The third-order valence-corrected chi connectivity index (χ3v) is 5.38. The van der Waals surface area contributed by atoms with Crippen LogP contribution in [0, 0.1) is 5.82 Å². The number of aryl methyl sites for hydroxylation is 1. The first-order valence-electron chi connectivity index (χ1n) is 8.19. The Balaban J connectivity index is 1.77. The summed E-state index contributed by atoms with van der Waals surface area (Å²) in [5, 5.41) is 5.89. The predicted molar refractivity (Wildman–Crippen MR) is 102 cm³/mol. The third kappa shape index (κ3) is 3.76. The van der Waals surface area contributed by atoms with E-state index in [0.29, 0.717) is 10.6 Å². The van der Waals surface area contributed by atoms with Crippen LogP contribution in [0.3, 0.4) is 0 Å². The summed E-state index contributed by atoms with van der Waals surface area (Å²) >= 11 is 6.59. The second kappa shape index (κ2) is 7.92. The highest BCUT2D eigenvalue weighted by Crippen LogP contribution is 2.39. The lowest BCUT2D eigenvalue weighted by atomic mass is 10.1. The minimum Gasteiger partial charge on any atom is -0.462 e. The summed E-state index contributed by atoms with van der Waals surface area (Å²) in [7, 11) is 0. The molecule has 3 rings (SSSR count). The summed E-state index contributed by atoms with van der Waals surface area (Å²) in [6.45, 7) is 2.02. The Kier molecular flexibility index (Phi) is 5.63. The highest BCUT2D eigenvalue weighted by molar-refractivity contribution is 7.80. The molecule has 5 nitrogen and oxygen atoms in total. The smallest absolute Gasteiger partial charge is 0.341 e. The van der Waals surface area contributed by atoms with Gasteiger partial charge in [-0.1, -0.05) is 12.1 Å². The van der Waals surface area contributed by atoms with E-state index in [1.54, 1.807) is 13.0 Å². The number of hydrogen-bond acceptors (Lipinski definition) is 5. The molecule has 1 aromatic carbocycles.